The van der Waals surface area contributed by atoms with Crippen LogP contribution < -0.4 is 11.5 Å². The first-order valence-electron chi connectivity index (χ1n) is 3.88. The van der Waals surface area contributed by atoms with Gasteiger partial charge in [-0.3, -0.25) is 9.59 Å². The molecule has 6 heteroatoms. The fraction of sp³-hybridized carbons (Fsp3) is 0.714. The van der Waals surface area contributed by atoms with E-state index in [0.717, 1.165) is 0 Å². The van der Waals surface area contributed by atoms with Crippen LogP contribution in [0.4, 0.5) is 0 Å². The zero-order chi connectivity index (χ0) is 10.3. The van der Waals surface area contributed by atoms with Gasteiger partial charge in [0.15, 0.2) is 6.29 Å². The van der Waals surface area contributed by atoms with Gasteiger partial charge in [0.1, 0.15) is 0 Å². The summed E-state index contributed by atoms with van der Waals surface area (Å²) in [6.45, 7) is 0.178. The van der Waals surface area contributed by atoms with Crippen LogP contribution in [0.1, 0.15) is 19.3 Å². The van der Waals surface area contributed by atoms with Crippen molar-refractivity contribution >= 4 is 11.8 Å². The molecule has 0 heterocycles. The van der Waals surface area contributed by atoms with Gasteiger partial charge in [0.2, 0.25) is 11.8 Å². The fourth-order valence-electron chi connectivity index (χ4n) is 0.697. The van der Waals surface area contributed by atoms with Gasteiger partial charge in [-0.25, -0.2) is 0 Å². The summed E-state index contributed by atoms with van der Waals surface area (Å²) in [5, 5.41) is 8.95. The van der Waals surface area contributed by atoms with Gasteiger partial charge in [-0.2, -0.15) is 0 Å². The second kappa shape index (κ2) is 6.38. The van der Waals surface area contributed by atoms with E-state index in [-0.39, 0.29) is 19.4 Å². The van der Waals surface area contributed by atoms with E-state index in [9.17, 15) is 9.59 Å². The molecule has 13 heavy (non-hydrogen) atoms. The van der Waals surface area contributed by atoms with Gasteiger partial charge in [-0.05, 0) is 6.42 Å². The molecule has 1 atom stereocenters. The molecule has 6 nitrogen and oxygen atoms in total. The number of ether oxygens (including phenoxy) is 1. The van der Waals surface area contributed by atoms with E-state index < -0.39 is 18.1 Å². The summed E-state index contributed by atoms with van der Waals surface area (Å²) in [5.74, 6) is -1.06. The highest BCUT2D eigenvalue weighted by molar-refractivity contribution is 5.74. The van der Waals surface area contributed by atoms with Gasteiger partial charge in [-0.15, -0.1) is 0 Å². The lowest BCUT2D eigenvalue weighted by atomic mass is 10.3. The van der Waals surface area contributed by atoms with Crippen molar-refractivity contribution in [2.75, 3.05) is 6.61 Å². The standard InChI is InChI=1S/C7H14N2O4/c8-5(10)2-1-3-13-7(12)4-6(9)11/h7,12H,1-4H2,(H2,8,10)(H2,9,11). The highest BCUT2D eigenvalue weighted by Gasteiger charge is 2.07. The zero-order valence-electron chi connectivity index (χ0n) is 7.23. The molecule has 0 aromatic heterocycles. The Morgan fingerprint density at radius 2 is 1.92 bits per heavy atom. The van der Waals surface area contributed by atoms with E-state index in [0.29, 0.717) is 6.42 Å². The molecule has 0 aliphatic carbocycles. The Balaban J connectivity index is 3.31. The predicted molar refractivity (Wildman–Crippen MR) is 44.2 cm³/mol. The van der Waals surface area contributed by atoms with E-state index >= 15 is 0 Å². The Bertz CT molecular complexity index is 183. The molecule has 0 bridgehead atoms. The van der Waals surface area contributed by atoms with Crippen LogP contribution in [0.2, 0.25) is 0 Å². The molecule has 0 saturated heterocycles. The SMILES string of the molecule is NC(=O)CCCOC(O)CC(N)=O. The average molecular weight is 190 g/mol. The predicted octanol–water partition coefficient (Wildman–Crippen LogP) is -1.54. The molecule has 0 fully saturated rings. The maximum absolute atomic E-state index is 10.3. The van der Waals surface area contributed by atoms with Crippen LogP contribution in [0.3, 0.4) is 0 Å². The molecule has 76 valence electrons. The van der Waals surface area contributed by atoms with E-state index in [1.807, 2.05) is 0 Å². The number of carbonyl (C=O) groups is 2. The van der Waals surface area contributed by atoms with Crippen molar-refractivity contribution in [3.05, 3.63) is 0 Å². The Morgan fingerprint density at radius 1 is 1.31 bits per heavy atom. The maximum atomic E-state index is 10.3. The zero-order valence-corrected chi connectivity index (χ0v) is 7.23. The van der Waals surface area contributed by atoms with Crippen molar-refractivity contribution in [1.29, 1.82) is 0 Å². The molecular weight excluding hydrogens is 176 g/mol. The second-order valence-corrected chi connectivity index (χ2v) is 2.57. The number of aliphatic hydroxyl groups is 1. The second-order valence-electron chi connectivity index (χ2n) is 2.57. The van der Waals surface area contributed by atoms with Crippen LogP contribution in [-0.4, -0.2) is 29.8 Å². The lowest BCUT2D eigenvalue weighted by Gasteiger charge is -2.08. The molecule has 2 amide bonds. The molecule has 0 aliphatic rings. The summed E-state index contributed by atoms with van der Waals surface area (Å²) < 4.78 is 4.75. The molecule has 0 aliphatic heterocycles. The minimum absolute atomic E-state index is 0.178. The number of hydrogen-bond donors (Lipinski definition) is 3. The Kier molecular flexibility index (Phi) is 5.82. The van der Waals surface area contributed by atoms with E-state index in [1.165, 1.54) is 0 Å². The Morgan fingerprint density at radius 3 is 2.38 bits per heavy atom. The Hall–Kier alpha value is -1.14. The average Bonchev–Trinajstić information content (AvgIpc) is 1.96. The summed E-state index contributed by atoms with van der Waals surface area (Å²) in [5.41, 5.74) is 9.65. The van der Waals surface area contributed by atoms with E-state index in [1.54, 1.807) is 0 Å². The van der Waals surface area contributed by atoms with Crippen LogP contribution in [0.15, 0.2) is 0 Å². The minimum Gasteiger partial charge on any atom is -0.370 e. The molecule has 0 spiro atoms. The van der Waals surface area contributed by atoms with Crippen LogP contribution >= 0.6 is 0 Å². The van der Waals surface area contributed by atoms with E-state index in [4.69, 9.17) is 21.3 Å². The first-order chi connectivity index (χ1) is 6.02. The lowest BCUT2D eigenvalue weighted by molar-refractivity contribution is -0.136. The van der Waals surface area contributed by atoms with Crippen molar-refractivity contribution < 1.29 is 19.4 Å². The smallest absolute Gasteiger partial charge is 0.222 e. The molecule has 0 radical (unpaired) electrons. The number of rotatable bonds is 7. The van der Waals surface area contributed by atoms with Crippen molar-refractivity contribution in [2.24, 2.45) is 11.5 Å². The lowest BCUT2D eigenvalue weighted by Crippen LogP contribution is -2.23. The molecular formula is C7H14N2O4. The third-order valence-corrected chi connectivity index (χ3v) is 1.25. The summed E-state index contributed by atoms with van der Waals surface area (Å²) in [7, 11) is 0. The number of amides is 2. The first-order valence-corrected chi connectivity index (χ1v) is 3.88. The number of primary amides is 2. The summed E-state index contributed by atoms with van der Waals surface area (Å²) in [4.78, 5) is 20.5. The molecule has 0 aromatic carbocycles. The van der Waals surface area contributed by atoms with Crippen LogP contribution in [0.5, 0.6) is 0 Å². The fourth-order valence-corrected chi connectivity index (χ4v) is 0.697. The molecule has 0 aromatic rings. The third-order valence-electron chi connectivity index (χ3n) is 1.25. The van der Waals surface area contributed by atoms with Crippen molar-refractivity contribution in [3.63, 3.8) is 0 Å². The van der Waals surface area contributed by atoms with Crippen LogP contribution in [0, 0.1) is 0 Å². The molecule has 5 N–H and O–H groups in total. The van der Waals surface area contributed by atoms with Gasteiger partial charge in [0, 0.05) is 6.42 Å². The number of nitrogens with two attached hydrogens (primary N) is 2. The van der Waals surface area contributed by atoms with Gasteiger partial charge in [0.05, 0.1) is 13.0 Å². The number of carbonyl (C=O) groups excluding carboxylic acids is 2. The van der Waals surface area contributed by atoms with Gasteiger partial charge in [0.25, 0.3) is 0 Å². The molecule has 0 saturated carbocycles. The summed E-state index contributed by atoms with van der Waals surface area (Å²) >= 11 is 0. The van der Waals surface area contributed by atoms with E-state index in [2.05, 4.69) is 0 Å². The van der Waals surface area contributed by atoms with Crippen molar-refractivity contribution in [3.8, 4) is 0 Å². The van der Waals surface area contributed by atoms with Crippen molar-refractivity contribution in [1.82, 2.24) is 0 Å². The molecule has 0 rings (SSSR count). The van der Waals surface area contributed by atoms with Crippen LogP contribution in [-0.2, 0) is 14.3 Å². The number of aliphatic hydroxyl groups excluding tert-OH is 1. The first kappa shape index (κ1) is 11.9. The highest BCUT2D eigenvalue weighted by atomic mass is 16.6. The quantitative estimate of drug-likeness (QED) is 0.333. The van der Waals surface area contributed by atoms with Crippen molar-refractivity contribution in [2.45, 2.75) is 25.6 Å². The monoisotopic (exact) mass is 190 g/mol. The largest absolute Gasteiger partial charge is 0.370 e. The summed E-state index contributed by atoms with van der Waals surface area (Å²) in [6, 6.07) is 0. The Labute approximate surface area is 75.8 Å². The maximum Gasteiger partial charge on any atom is 0.222 e. The summed E-state index contributed by atoms with van der Waals surface area (Å²) in [6.07, 6.45) is -0.809. The highest BCUT2D eigenvalue weighted by Crippen LogP contribution is 1.96. The third kappa shape index (κ3) is 8.77. The minimum atomic E-state index is -1.19. The van der Waals surface area contributed by atoms with Gasteiger partial charge < -0.3 is 21.3 Å². The molecule has 1 unspecified atom stereocenters. The number of hydrogen-bond acceptors (Lipinski definition) is 4. The van der Waals surface area contributed by atoms with Crippen LogP contribution in [0.25, 0.3) is 0 Å². The van der Waals surface area contributed by atoms with Gasteiger partial charge >= 0.3 is 0 Å². The normalized spacial score (nSPS) is 12.4. The van der Waals surface area contributed by atoms with Gasteiger partial charge in [-0.1, -0.05) is 0 Å². The topological polar surface area (TPSA) is 116 Å².